The highest BCUT2D eigenvalue weighted by atomic mass is 32.2. The van der Waals surface area contributed by atoms with E-state index in [1.54, 1.807) is 36.7 Å². The van der Waals surface area contributed by atoms with Crippen LogP contribution in [0.5, 0.6) is 0 Å². The molecule has 0 aliphatic carbocycles. The number of thiol groups is 1. The second kappa shape index (κ2) is 14.5. The summed E-state index contributed by atoms with van der Waals surface area (Å²) in [7, 11) is 0.203. The number of rotatable bonds is 9. The van der Waals surface area contributed by atoms with Crippen LogP contribution in [0.1, 0.15) is 25.9 Å². The number of carbonyl (C=O) groups is 2. The number of hydrogen-bond acceptors (Lipinski definition) is 11. The third kappa shape index (κ3) is 7.11. The number of esters is 2. The van der Waals surface area contributed by atoms with Crippen molar-refractivity contribution in [2.75, 3.05) is 32.7 Å². The first kappa shape index (κ1) is 33.6. The van der Waals surface area contributed by atoms with E-state index in [0.29, 0.717) is 28.3 Å². The molecular formula is C32H36F2N6O7S. The number of aliphatic hydroxyl groups is 1. The first-order chi connectivity index (χ1) is 23.1. The van der Waals surface area contributed by atoms with E-state index in [9.17, 15) is 23.5 Å². The molecule has 4 heterocycles. The van der Waals surface area contributed by atoms with Crippen LogP contribution in [-0.2, 0) is 28.5 Å². The largest absolute Gasteiger partial charge is 0.465 e. The van der Waals surface area contributed by atoms with Gasteiger partial charge in [-0.15, -0.1) is 10.2 Å². The highest BCUT2D eigenvalue weighted by Gasteiger charge is 2.52. The number of ether oxygens (including phenoxy) is 4. The third-order valence-corrected chi connectivity index (χ3v) is 12.1. The van der Waals surface area contributed by atoms with Gasteiger partial charge in [0.05, 0.1) is 43.1 Å². The Morgan fingerprint density at radius 1 is 0.958 bits per heavy atom. The first-order valence-electron chi connectivity index (χ1n) is 15.3. The highest BCUT2D eigenvalue weighted by molar-refractivity contribution is 8.18. The van der Waals surface area contributed by atoms with Gasteiger partial charge in [0.2, 0.25) is 0 Å². The van der Waals surface area contributed by atoms with Gasteiger partial charge in [-0.05, 0) is 24.3 Å². The Morgan fingerprint density at radius 3 is 2.17 bits per heavy atom. The number of carbonyl (C=O) groups excluding carboxylic acids is 2. The summed E-state index contributed by atoms with van der Waals surface area (Å²) in [5.41, 5.74) is 1.88. The number of aliphatic hydroxyl groups excluding tert-OH is 1. The minimum atomic E-state index is -1.33. The quantitative estimate of drug-likeness (QED) is 0.198. The van der Waals surface area contributed by atoms with E-state index in [0.717, 1.165) is 0 Å². The van der Waals surface area contributed by atoms with Gasteiger partial charge in [-0.25, -0.2) is 29.0 Å². The summed E-state index contributed by atoms with van der Waals surface area (Å²) < 4.78 is 54.5. The lowest BCUT2D eigenvalue weighted by molar-refractivity contribution is -0.154. The summed E-state index contributed by atoms with van der Waals surface area (Å²) in [6.45, 7) is 2.81. The van der Waals surface area contributed by atoms with E-state index in [4.69, 9.17) is 18.9 Å². The average Bonchev–Trinajstić information content (AvgIpc) is 3.75. The topological polar surface area (TPSA) is 153 Å². The third-order valence-electron chi connectivity index (χ3n) is 8.67. The zero-order chi connectivity index (χ0) is 33.9. The molecule has 48 heavy (non-hydrogen) atoms. The number of hydrogen-bond donors (Lipinski definition) is 2. The summed E-state index contributed by atoms with van der Waals surface area (Å²) in [4.78, 5) is 24.7. The van der Waals surface area contributed by atoms with Crippen LogP contribution in [-0.4, -0.2) is 109 Å². The van der Waals surface area contributed by atoms with Crippen molar-refractivity contribution in [1.29, 1.82) is 0 Å². The summed E-state index contributed by atoms with van der Waals surface area (Å²) in [5.74, 6) is -1.52. The van der Waals surface area contributed by atoms with E-state index in [1.807, 2.05) is 0 Å². The van der Waals surface area contributed by atoms with E-state index in [-0.39, 0.29) is 19.8 Å². The molecule has 1 N–H and O–H groups in total. The van der Waals surface area contributed by atoms with Gasteiger partial charge in [0.25, 0.3) is 0 Å². The van der Waals surface area contributed by atoms with Crippen LogP contribution in [0, 0.1) is 11.6 Å². The number of aromatic nitrogens is 6. The maximum atomic E-state index is 14.0. The van der Waals surface area contributed by atoms with Crippen molar-refractivity contribution < 1.29 is 42.4 Å². The van der Waals surface area contributed by atoms with Gasteiger partial charge < -0.3 is 24.1 Å². The zero-order valence-electron chi connectivity index (χ0n) is 26.4. The van der Waals surface area contributed by atoms with Crippen molar-refractivity contribution in [3.63, 3.8) is 0 Å². The van der Waals surface area contributed by atoms with Crippen molar-refractivity contribution >= 4 is 22.8 Å². The molecule has 256 valence electrons. The van der Waals surface area contributed by atoms with E-state index >= 15 is 0 Å². The molecule has 2 aliphatic rings. The lowest BCUT2D eigenvalue weighted by Crippen LogP contribution is -2.57. The molecule has 13 nitrogen and oxygen atoms in total. The van der Waals surface area contributed by atoms with Gasteiger partial charge in [0.1, 0.15) is 47.8 Å². The Kier molecular flexibility index (Phi) is 10.1. The molecule has 1 unspecified atom stereocenters. The molecule has 16 heteroatoms. The molecular weight excluding hydrogens is 650 g/mol. The monoisotopic (exact) mass is 686 g/mol. The molecule has 0 spiro atoms. The fraction of sp³-hybridized carbons (Fsp3) is 0.438. The number of halogens is 2. The lowest BCUT2D eigenvalue weighted by atomic mass is 10.0. The Bertz CT molecular complexity index is 1760. The Balaban J connectivity index is 1.33. The van der Waals surface area contributed by atoms with Crippen LogP contribution in [0.2, 0.25) is 0 Å². The highest BCUT2D eigenvalue weighted by Crippen LogP contribution is 2.52. The summed E-state index contributed by atoms with van der Waals surface area (Å²) >= 11 is 0. The van der Waals surface area contributed by atoms with E-state index in [2.05, 4.69) is 20.6 Å². The standard InChI is InChI=1S/C32H36F2N6O7S/c1-18(41)46-16-29-32(47-19(2)42)30(40-13-25(36-38-40)21-7-5-9-23(34)11-21)27(44-3)17-48(29)28-15-45-14-26(31(28)43)39-12-24(35-37-39)20-6-4-8-22(33)10-20/h4-13,26-32,43,48H,14-17H2,1-3H3/t26-,27+,28+,29-,30-,31+,32+/m0/s1. The van der Waals surface area contributed by atoms with Crippen molar-refractivity contribution in [3.05, 3.63) is 72.6 Å². The number of benzene rings is 2. The molecule has 2 saturated heterocycles. The minimum Gasteiger partial charge on any atom is -0.465 e. The summed E-state index contributed by atoms with van der Waals surface area (Å²) in [6, 6.07) is 10.6. The van der Waals surface area contributed by atoms with Crippen LogP contribution in [0.4, 0.5) is 8.78 Å². The molecule has 0 amide bonds. The number of methoxy groups -OCH3 is 1. The molecule has 2 aromatic heterocycles. The average molecular weight is 687 g/mol. The molecule has 0 saturated carbocycles. The molecule has 6 rings (SSSR count). The fourth-order valence-electron chi connectivity index (χ4n) is 6.44. The Hall–Kier alpha value is -4.25. The molecule has 8 atom stereocenters. The van der Waals surface area contributed by atoms with Gasteiger partial charge in [-0.1, -0.05) is 34.7 Å². The van der Waals surface area contributed by atoms with Crippen LogP contribution in [0.15, 0.2) is 60.9 Å². The smallest absolute Gasteiger partial charge is 0.303 e. The summed E-state index contributed by atoms with van der Waals surface area (Å²) in [5, 5.41) is 27.8. The number of nitrogens with zero attached hydrogens (tertiary/aromatic N) is 6. The normalized spacial score (nSPS) is 28.1. The molecule has 0 radical (unpaired) electrons. The van der Waals surface area contributed by atoms with Crippen LogP contribution in [0.3, 0.4) is 0 Å². The maximum absolute atomic E-state index is 14.0. The predicted molar refractivity (Wildman–Crippen MR) is 170 cm³/mol. The summed E-state index contributed by atoms with van der Waals surface area (Å²) in [6.07, 6.45) is 0.801. The molecule has 4 aromatic rings. The maximum Gasteiger partial charge on any atom is 0.303 e. The van der Waals surface area contributed by atoms with E-state index in [1.165, 1.54) is 54.6 Å². The van der Waals surface area contributed by atoms with Crippen molar-refractivity contribution in [2.45, 2.75) is 54.7 Å². The molecule has 2 fully saturated rings. The van der Waals surface area contributed by atoms with Crippen LogP contribution < -0.4 is 0 Å². The van der Waals surface area contributed by atoms with Gasteiger partial charge in [0.15, 0.2) is 0 Å². The van der Waals surface area contributed by atoms with Crippen molar-refractivity contribution in [1.82, 2.24) is 30.0 Å². The zero-order valence-corrected chi connectivity index (χ0v) is 27.3. The van der Waals surface area contributed by atoms with Gasteiger partial charge in [-0.3, -0.25) is 9.59 Å². The lowest BCUT2D eigenvalue weighted by Gasteiger charge is -2.52. The Labute approximate surface area is 277 Å². The van der Waals surface area contributed by atoms with Gasteiger partial charge in [0, 0.05) is 43.1 Å². The van der Waals surface area contributed by atoms with Gasteiger partial charge in [-0.2, -0.15) is 0 Å². The van der Waals surface area contributed by atoms with Crippen molar-refractivity contribution in [3.8, 4) is 22.5 Å². The Morgan fingerprint density at radius 2 is 1.58 bits per heavy atom. The fourth-order valence-corrected chi connectivity index (χ4v) is 10.0. The molecule has 0 bridgehead atoms. The first-order valence-corrected chi connectivity index (χ1v) is 17.0. The van der Waals surface area contributed by atoms with Crippen LogP contribution >= 0.6 is 10.9 Å². The van der Waals surface area contributed by atoms with Gasteiger partial charge >= 0.3 is 11.9 Å². The second-order valence-electron chi connectivity index (χ2n) is 11.8. The van der Waals surface area contributed by atoms with E-state index < -0.39 is 75.4 Å². The molecule has 2 aliphatic heterocycles. The SMILES string of the molecule is CO[C@@H]1C[SH]([C@@H]2COC[C@H](n3cc(-c4cccc(F)c4)nn3)[C@H]2O)[C@@H](COC(C)=O)[C@@H](OC(C)=O)[C@H]1n1cc(-c2cccc(F)c2)nn1. The second-order valence-corrected chi connectivity index (χ2v) is 14.5. The molecule has 2 aromatic carbocycles. The predicted octanol–water partition coefficient (Wildman–Crippen LogP) is 2.92. The van der Waals surface area contributed by atoms with Crippen LogP contribution in [0.25, 0.3) is 22.5 Å². The van der Waals surface area contributed by atoms with Crippen molar-refractivity contribution in [2.24, 2.45) is 0 Å². The minimum absolute atomic E-state index is 0.0989.